The average molecular weight is 186 g/mol. The van der Waals surface area contributed by atoms with Gasteiger partial charge < -0.3 is 10.6 Å². The minimum absolute atomic E-state index is 0.427. The van der Waals surface area contributed by atoms with Crippen LogP contribution in [-0.2, 0) is 0 Å². The topological polar surface area (TPSA) is 24.1 Å². The predicted octanol–water partition coefficient (Wildman–Crippen LogP) is 1.66. The summed E-state index contributed by atoms with van der Waals surface area (Å²) in [4.78, 5) is 0. The summed E-state index contributed by atoms with van der Waals surface area (Å²) >= 11 is 5.13. The molecule has 0 aromatic rings. The fraction of sp³-hybridized carbons (Fsp3) is 0.889. The lowest BCUT2D eigenvalue weighted by atomic mass is 10.2. The molecule has 12 heavy (non-hydrogen) atoms. The van der Waals surface area contributed by atoms with Crippen molar-refractivity contribution in [3.63, 3.8) is 0 Å². The molecule has 3 heteroatoms. The SMILES string of the molecule is CC(C)NC(=S)NC(C)C1CC1. The number of hydrogen-bond donors (Lipinski definition) is 2. The summed E-state index contributed by atoms with van der Waals surface area (Å²) < 4.78 is 0. The number of nitrogens with one attached hydrogen (secondary N) is 2. The lowest BCUT2D eigenvalue weighted by Crippen LogP contribution is -2.44. The van der Waals surface area contributed by atoms with E-state index in [-0.39, 0.29) is 0 Å². The molecule has 1 aliphatic carbocycles. The van der Waals surface area contributed by atoms with Crippen LogP contribution in [0.4, 0.5) is 0 Å². The van der Waals surface area contributed by atoms with Crippen LogP contribution in [0.2, 0.25) is 0 Å². The molecule has 0 spiro atoms. The average Bonchev–Trinajstić information content (AvgIpc) is 2.63. The smallest absolute Gasteiger partial charge is 0.166 e. The van der Waals surface area contributed by atoms with Crippen molar-refractivity contribution in [1.29, 1.82) is 0 Å². The van der Waals surface area contributed by atoms with Crippen LogP contribution in [0.25, 0.3) is 0 Å². The first kappa shape index (κ1) is 9.78. The highest BCUT2D eigenvalue weighted by Gasteiger charge is 2.28. The van der Waals surface area contributed by atoms with Crippen molar-refractivity contribution in [3.8, 4) is 0 Å². The third kappa shape index (κ3) is 3.39. The van der Waals surface area contributed by atoms with Gasteiger partial charge in [-0.15, -0.1) is 0 Å². The lowest BCUT2D eigenvalue weighted by Gasteiger charge is -2.17. The Labute approximate surface area is 80.1 Å². The normalized spacial score (nSPS) is 19.0. The van der Waals surface area contributed by atoms with E-state index < -0.39 is 0 Å². The van der Waals surface area contributed by atoms with Gasteiger partial charge in [-0.1, -0.05) is 0 Å². The van der Waals surface area contributed by atoms with E-state index in [1.165, 1.54) is 12.8 Å². The van der Waals surface area contributed by atoms with E-state index in [0.29, 0.717) is 12.1 Å². The maximum Gasteiger partial charge on any atom is 0.166 e. The summed E-state index contributed by atoms with van der Waals surface area (Å²) in [7, 11) is 0. The van der Waals surface area contributed by atoms with Gasteiger partial charge in [-0.3, -0.25) is 0 Å². The Morgan fingerprint density at radius 2 is 1.83 bits per heavy atom. The zero-order chi connectivity index (χ0) is 9.14. The van der Waals surface area contributed by atoms with Gasteiger partial charge in [0.05, 0.1) is 0 Å². The third-order valence-corrected chi connectivity index (χ3v) is 2.34. The molecule has 0 aromatic heterocycles. The van der Waals surface area contributed by atoms with Gasteiger partial charge in [-0.2, -0.15) is 0 Å². The Hall–Kier alpha value is -0.310. The van der Waals surface area contributed by atoms with Crippen molar-refractivity contribution < 1.29 is 0 Å². The Morgan fingerprint density at radius 3 is 2.25 bits per heavy atom. The maximum absolute atomic E-state index is 5.13. The summed E-state index contributed by atoms with van der Waals surface area (Å²) in [6.07, 6.45) is 2.72. The van der Waals surface area contributed by atoms with Crippen molar-refractivity contribution in [2.45, 2.75) is 45.7 Å². The maximum atomic E-state index is 5.13. The van der Waals surface area contributed by atoms with E-state index in [0.717, 1.165) is 11.0 Å². The molecule has 1 fully saturated rings. The second-order valence-corrected chi connectivity index (χ2v) is 4.31. The first-order valence-electron chi connectivity index (χ1n) is 4.66. The standard InChI is InChI=1S/C9H18N2S/c1-6(2)10-9(12)11-7(3)8-4-5-8/h6-8H,4-5H2,1-3H3,(H2,10,11,12). The van der Waals surface area contributed by atoms with Crippen LogP contribution in [0.5, 0.6) is 0 Å². The van der Waals surface area contributed by atoms with Crippen LogP contribution in [0.15, 0.2) is 0 Å². The Morgan fingerprint density at radius 1 is 1.25 bits per heavy atom. The van der Waals surface area contributed by atoms with E-state index in [1.54, 1.807) is 0 Å². The molecule has 0 saturated heterocycles. The van der Waals surface area contributed by atoms with Crippen molar-refractivity contribution in [2.75, 3.05) is 0 Å². The van der Waals surface area contributed by atoms with Crippen LogP contribution in [-0.4, -0.2) is 17.2 Å². The zero-order valence-corrected chi connectivity index (χ0v) is 8.87. The van der Waals surface area contributed by atoms with Crippen molar-refractivity contribution in [2.24, 2.45) is 5.92 Å². The van der Waals surface area contributed by atoms with Crippen molar-refractivity contribution >= 4 is 17.3 Å². The van der Waals surface area contributed by atoms with Crippen molar-refractivity contribution in [1.82, 2.24) is 10.6 Å². The van der Waals surface area contributed by atoms with Crippen LogP contribution >= 0.6 is 12.2 Å². The van der Waals surface area contributed by atoms with Crippen molar-refractivity contribution in [3.05, 3.63) is 0 Å². The summed E-state index contributed by atoms with van der Waals surface area (Å²) in [5.41, 5.74) is 0. The molecule has 0 heterocycles. The van der Waals surface area contributed by atoms with E-state index in [4.69, 9.17) is 12.2 Å². The van der Waals surface area contributed by atoms with Gasteiger partial charge in [0.15, 0.2) is 5.11 Å². The molecule has 0 aliphatic heterocycles. The molecular weight excluding hydrogens is 168 g/mol. The highest BCUT2D eigenvalue weighted by atomic mass is 32.1. The molecule has 1 saturated carbocycles. The van der Waals surface area contributed by atoms with Crippen LogP contribution < -0.4 is 10.6 Å². The number of rotatable bonds is 3. The van der Waals surface area contributed by atoms with E-state index in [9.17, 15) is 0 Å². The van der Waals surface area contributed by atoms with Gasteiger partial charge in [0, 0.05) is 12.1 Å². The summed E-state index contributed by atoms with van der Waals surface area (Å²) in [5.74, 6) is 0.858. The van der Waals surface area contributed by atoms with E-state index in [1.807, 2.05) is 0 Å². The Bertz CT molecular complexity index is 164. The summed E-state index contributed by atoms with van der Waals surface area (Å²) in [5, 5.41) is 7.27. The number of hydrogen-bond acceptors (Lipinski definition) is 1. The summed E-state index contributed by atoms with van der Waals surface area (Å²) in [6.45, 7) is 6.39. The van der Waals surface area contributed by atoms with Gasteiger partial charge in [0.25, 0.3) is 0 Å². The van der Waals surface area contributed by atoms with Crippen LogP contribution in [0, 0.1) is 5.92 Å². The lowest BCUT2D eigenvalue weighted by molar-refractivity contribution is 0.573. The zero-order valence-electron chi connectivity index (χ0n) is 8.05. The molecule has 1 atom stereocenters. The molecule has 1 aliphatic rings. The van der Waals surface area contributed by atoms with Gasteiger partial charge in [0.2, 0.25) is 0 Å². The van der Waals surface area contributed by atoms with Gasteiger partial charge in [-0.05, 0) is 51.7 Å². The minimum Gasteiger partial charge on any atom is -0.361 e. The molecule has 2 nitrogen and oxygen atoms in total. The monoisotopic (exact) mass is 186 g/mol. The third-order valence-electron chi connectivity index (χ3n) is 2.11. The van der Waals surface area contributed by atoms with Gasteiger partial charge in [0.1, 0.15) is 0 Å². The first-order chi connectivity index (χ1) is 5.59. The quantitative estimate of drug-likeness (QED) is 0.656. The Balaban J connectivity index is 2.15. The van der Waals surface area contributed by atoms with Gasteiger partial charge in [-0.25, -0.2) is 0 Å². The predicted molar refractivity (Wildman–Crippen MR) is 56.2 cm³/mol. The highest BCUT2D eigenvalue weighted by Crippen LogP contribution is 2.32. The molecule has 0 amide bonds. The van der Waals surface area contributed by atoms with Crippen LogP contribution in [0.1, 0.15) is 33.6 Å². The summed E-state index contributed by atoms with van der Waals surface area (Å²) in [6, 6.07) is 0.972. The first-order valence-corrected chi connectivity index (χ1v) is 5.07. The largest absolute Gasteiger partial charge is 0.361 e. The molecule has 1 unspecified atom stereocenters. The molecule has 1 rings (SSSR count). The second kappa shape index (κ2) is 4.08. The van der Waals surface area contributed by atoms with E-state index in [2.05, 4.69) is 31.4 Å². The fourth-order valence-electron chi connectivity index (χ4n) is 1.22. The number of thiocarbonyl (C=S) groups is 1. The molecule has 2 N–H and O–H groups in total. The molecular formula is C9H18N2S. The Kier molecular flexibility index (Phi) is 3.32. The van der Waals surface area contributed by atoms with Gasteiger partial charge >= 0.3 is 0 Å². The highest BCUT2D eigenvalue weighted by molar-refractivity contribution is 7.80. The fourth-order valence-corrected chi connectivity index (χ4v) is 1.65. The van der Waals surface area contributed by atoms with E-state index >= 15 is 0 Å². The molecule has 0 radical (unpaired) electrons. The molecule has 0 aromatic carbocycles. The van der Waals surface area contributed by atoms with Crippen LogP contribution in [0.3, 0.4) is 0 Å². The second-order valence-electron chi connectivity index (χ2n) is 3.90. The molecule has 70 valence electrons. The minimum atomic E-state index is 0.427. The molecule has 0 bridgehead atoms.